The molecule has 11 heavy (non-hydrogen) atoms. The summed E-state index contributed by atoms with van der Waals surface area (Å²) in [5, 5.41) is 0. The first-order chi connectivity index (χ1) is 5.06. The second-order valence-electron chi connectivity index (χ2n) is 3.47. The van der Waals surface area contributed by atoms with Gasteiger partial charge in [0.15, 0.2) is 0 Å². The van der Waals surface area contributed by atoms with E-state index in [0.29, 0.717) is 12.0 Å². The van der Waals surface area contributed by atoms with Crippen LogP contribution in [0.5, 0.6) is 0 Å². The summed E-state index contributed by atoms with van der Waals surface area (Å²) < 4.78 is 5.52. The molecule has 0 fully saturated rings. The molecule has 0 spiro atoms. The molecule has 0 N–H and O–H groups in total. The zero-order valence-electron chi connectivity index (χ0n) is 8.18. The lowest BCUT2D eigenvalue weighted by Crippen LogP contribution is -2.06. The third kappa shape index (κ3) is 5.96. The average molecular weight is 156 g/mol. The predicted octanol–water partition coefficient (Wildman–Crippen LogP) is 3.36. The standard InChI is InChI=1S/C10H20O/c1-6-9(4)11-10(5)7-8(2)3/h8-9H,5-7H2,1-4H3. The van der Waals surface area contributed by atoms with Crippen molar-refractivity contribution in [3.05, 3.63) is 12.3 Å². The minimum absolute atomic E-state index is 0.321. The molecule has 0 saturated carbocycles. The van der Waals surface area contributed by atoms with E-state index in [1.54, 1.807) is 0 Å². The average Bonchev–Trinajstić information content (AvgIpc) is 1.85. The van der Waals surface area contributed by atoms with Gasteiger partial charge in [-0.1, -0.05) is 27.4 Å². The lowest BCUT2D eigenvalue weighted by atomic mass is 10.1. The van der Waals surface area contributed by atoms with E-state index in [1.807, 2.05) is 0 Å². The highest BCUT2D eigenvalue weighted by Gasteiger charge is 2.03. The van der Waals surface area contributed by atoms with Crippen LogP contribution in [-0.4, -0.2) is 6.10 Å². The Kier molecular flexibility index (Phi) is 5.01. The molecule has 0 aliphatic carbocycles. The molecule has 0 amide bonds. The Morgan fingerprint density at radius 1 is 1.36 bits per heavy atom. The summed E-state index contributed by atoms with van der Waals surface area (Å²) in [5.74, 6) is 1.57. The molecule has 0 bridgehead atoms. The highest BCUT2D eigenvalue weighted by Crippen LogP contribution is 2.12. The van der Waals surface area contributed by atoms with E-state index in [1.165, 1.54) is 0 Å². The third-order valence-corrected chi connectivity index (χ3v) is 1.58. The fourth-order valence-corrected chi connectivity index (χ4v) is 0.871. The summed E-state index contributed by atoms with van der Waals surface area (Å²) in [7, 11) is 0. The molecule has 0 aliphatic heterocycles. The molecule has 66 valence electrons. The van der Waals surface area contributed by atoms with Crippen LogP contribution in [-0.2, 0) is 4.74 Å². The molecule has 1 heteroatoms. The molecule has 0 aromatic heterocycles. The summed E-state index contributed by atoms with van der Waals surface area (Å²) in [4.78, 5) is 0. The number of allylic oxidation sites excluding steroid dienone is 1. The highest BCUT2D eigenvalue weighted by molar-refractivity contribution is 4.84. The van der Waals surface area contributed by atoms with E-state index in [9.17, 15) is 0 Å². The molecule has 1 nitrogen and oxygen atoms in total. The van der Waals surface area contributed by atoms with Gasteiger partial charge in [-0.2, -0.15) is 0 Å². The Morgan fingerprint density at radius 3 is 2.27 bits per heavy atom. The minimum Gasteiger partial charge on any atom is -0.496 e. The van der Waals surface area contributed by atoms with Crippen molar-refractivity contribution in [2.75, 3.05) is 0 Å². The number of hydrogen-bond donors (Lipinski definition) is 0. The third-order valence-electron chi connectivity index (χ3n) is 1.58. The molecule has 1 unspecified atom stereocenters. The molecule has 1 atom stereocenters. The van der Waals surface area contributed by atoms with Gasteiger partial charge in [0.05, 0.1) is 11.9 Å². The molecule has 0 heterocycles. The van der Waals surface area contributed by atoms with Crippen LogP contribution >= 0.6 is 0 Å². The van der Waals surface area contributed by atoms with E-state index in [4.69, 9.17) is 4.74 Å². The lowest BCUT2D eigenvalue weighted by molar-refractivity contribution is 0.118. The quantitative estimate of drug-likeness (QED) is 0.554. The first kappa shape index (κ1) is 10.5. The second-order valence-corrected chi connectivity index (χ2v) is 3.47. The van der Waals surface area contributed by atoms with Crippen LogP contribution in [0.1, 0.15) is 40.5 Å². The maximum atomic E-state index is 5.52. The zero-order valence-corrected chi connectivity index (χ0v) is 8.18. The van der Waals surface area contributed by atoms with Gasteiger partial charge in [0, 0.05) is 6.42 Å². The van der Waals surface area contributed by atoms with Gasteiger partial charge in [-0.25, -0.2) is 0 Å². The van der Waals surface area contributed by atoms with E-state index >= 15 is 0 Å². The van der Waals surface area contributed by atoms with Crippen molar-refractivity contribution in [2.45, 2.75) is 46.6 Å². The largest absolute Gasteiger partial charge is 0.496 e. The number of rotatable bonds is 5. The molecule has 0 aromatic rings. The Hall–Kier alpha value is -0.460. The Labute approximate surface area is 70.4 Å². The van der Waals surface area contributed by atoms with Gasteiger partial charge in [-0.05, 0) is 19.3 Å². The first-order valence-electron chi connectivity index (χ1n) is 4.40. The number of hydrogen-bond acceptors (Lipinski definition) is 1. The van der Waals surface area contributed by atoms with Crippen molar-refractivity contribution in [3.63, 3.8) is 0 Å². The van der Waals surface area contributed by atoms with Gasteiger partial charge in [0.1, 0.15) is 0 Å². The molecular weight excluding hydrogens is 136 g/mol. The maximum absolute atomic E-state index is 5.52. The van der Waals surface area contributed by atoms with Gasteiger partial charge in [-0.3, -0.25) is 0 Å². The van der Waals surface area contributed by atoms with Crippen LogP contribution < -0.4 is 0 Å². The van der Waals surface area contributed by atoms with Gasteiger partial charge >= 0.3 is 0 Å². The van der Waals surface area contributed by atoms with Crippen molar-refractivity contribution in [2.24, 2.45) is 5.92 Å². The molecular formula is C10H20O. The van der Waals surface area contributed by atoms with E-state index < -0.39 is 0 Å². The van der Waals surface area contributed by atoms with Crippen molar-refractivity contribution >= 4 is 0 Å². The van der Waals surface area contributed by atoms with Crippen molar-refractivity contribution in [1.82, 2.24) is 0 Å². The van der Waals surface area contributed by atoms with Gasteiger partial charge in [0.25, 0.3) is 0 Å². The summed E-state index contributed by atoms with van der Waals surface area (Å²) in [6.45, 7) is 12.4. The van der Waals surface area contributed by atoms with Crippen molar-refractivity contribution in [3.8, 4) is 0 Å². The topological polar surface area (TPSA) is 9.23 Å². The van der Waals surface area contributed by atoms with Crippen molar-refractivity contribution in [1.29, 1.82) is 0 Å². The van der Waals surface area contributed by atoms with Crippen molar-refractivity contribution < 1.29 is 4.74 Å². The highest BCUT2D eigenvalue weighted by atomic mass is 16.5. The molecule has 0 rings (SSSR count). The van der Waals surface area contributed by atoms with E-state index in [2.05, 4.69) is 34.3 Å². The van der Waals surface area contributed by atoms with Gasteiger partial charge < -0.3 is 4.74 Å². The second kappa shape index (κ2) is 5.22. The van der Waals surface area contributed by atoms with Crippen LogP contribution in [0.15, 0.2) is 12.3 Å². The molecule has 0 saturated heterocycles. The van der Waals surface area contributed by atoms with E-state index in [0.717, 1.165) is 18.6 Å². The molecule has 0 radical (unpaired) electrons. The molecule has 0 aromatic carbocycles. The normalized spacial score (nSPS) is 13.2. The Balaban J connectivity index is 3.52. The number of ether oxygens (including phenoxy) is 1. The molecule has 0 aliphatic rings. The van der Waals surface area contributed by atoms with Gasteiger partial charge in [-0.15, -0.1) is 0 Å². The van der Waals surface area contributed by atoms with Crippen LogP contribution in [0.4, 0.5) is 0 Å². The monoisotopic (exact) mass is 156 g/mol. The first-order valence-corrected chi connectivity index (χ1v) is 4.40. The zero-order chi connectivity index (χ0) is 8.85. The Morgan fingerprint density at radius 2 is 1.91 bits per heavy atom. The predicted molar refractivity (Wildman–Crippen MR) is 49.4 cm³/mol. The SMILES string of the molecule is C=C(CC(C)C)OC(C)CC. The minimum atomic E-state index is 0.321. The smallest absolute Gasteiger partial charge is 0.0951 e. The maximum Gasteiger partial charge on any atom is 0.0951 e. The van der Waals surface area contributed by atoms with Crippen LogP contribution in [0.25, 0.3) is 0 Å². The fraction of sp³-hybridized carbons (Fsp3) is 0.800. The van der Waals surface area contributed by atoms with Crippen LogP contribution in [0, 0.1) is 5.92 Å². The summed E-state index contributed by atoms with van der Waals surface area (Å²) >= 11 is 0. The van der Waals surface area contributed by atoms with Gasteiger partial charge in [0.2, 0.25) is 0 Å². The van der Waals surface area contributed by atoms with Crippen LogP contribution in [0.2, 0.25) is 0 Å². The van der Waals surface area contributed by atoms with E-state index in [-0.39, 0.29) is 0 Å². The summed E-state index contributed by atoms with van der Waals surface area (Å²) in [6.07, 6.45) is 2.35. The Bertz CT molecular complexity index is 116. The fourth-order valence-electron chi connectivity index (χ4n) is 0.871. The lowest BCUT2D eigenvalue weighted by Gasteiger charge is -2.15. The van der Waals surface area contributed by atoms with Crippen LogP contribution in [0.3, 0.4) is 0 Å². The summed E-state index contributed by atoms with van der Waals surface area (Å²) in [6, 6.07) is 0. The summed E-state index contributed by atoms with van der Waals surface area (Å²) in [5.41, 5.74) is 0.